The normalized spacial score (nSPS) is 25.3. The van der Waals surface area contributed by atoms with Crippen LogP contribution in [0.15, 0.2) is 12.1 Å². The van der Waals surface area contributed by atoms with E-state index in [9.17, 15) is 28.2 Å². The molecule has 3 aliphatic carbocycles. The summed E-state index contributed by atoms with van der Waals surface area (Å²) >= 11 is 10.7. The highest BCUT2D eigenvalue weighted by Gasteiger charge is 2.73. The Morgan fingerprint density at radius 2 is 1.65 bits per heavy atom. The van der Waals surface area contributed by atoms with Crippen LogP contribution in [0.1, 0.15) is 84.3 Å². The summed E-state index contributed by atoms with van der Waals surface area (Å²) in [6.07, 6.45) is 4.56. The molecule has 3 fully saturated rings. The van der Waals surface area contributed by atoms with Crippen molar-refractivity contribution in [3.63, 3.8) is 0 Å². The fraction of sp³-hybridized carbons (Fsp3) is 0.714. The van der Waals surface area contributed by atoms with Crippen LogP contribution in [-0.2, 0) is 31.5 Å². The first-order valence-electron chi connectivity index (χ1n) is 18.2. The van der Waals surface area contributed by atoms with Gasteiger partial charge in [-0.05, 0) is 112 Å². The number of ether oxygens (including phenoxy) is 1. The summed E-state index contributed by atoms with van der Waals surface area (Å²) in [5.74, 6) is 0.868. The molecule has 1 amide bonds. The number of aromatic hydroxyl groups is 1. The molecule has 0 unspecified atom stereocenters. The predicted molar refractivity (Wildman–Crippen MR) is 216 cm³/mol. The molecular formula is C35H54N4O8S5. The number of thiocarbonyl (C=S) groups is 2. The van der Waals surface area contributed by atoms with Gasteiger partial charge in [-0.15, -0.1) is 0 Å². The van der Waals surface area contributed by atoms with E-state index in [1.165, 1.54) is 19.8 Å². The Bertz CT molecular complexity index is 1560. The highest BCUT2D eigenvalue weighted by molar-refractivity contribution is 8.89. The van der Waals surface area contributed by atoms with Crippen LogP contribution in [0.4, 0.5) is 0 Å². The Hall–Kier alpha value is -1.73. The number of hydrogen-bond donors (Lipinski definition) is 4. The van der Waals surface area contributed by atoms with Crippen molar-refractivity contribution in [2.75, 3.05) is 51.6 Å². The lowest BCUT2D eigenvalue weighted by molar-refractivity contribution is -0.188. The molecule has 17 heteroatoms. The molecule has 6 rings (SSSR count). The molecule has 0 radical (unpaired) electrons. The van der Waals surface area contributed by atoms with Gasteiger partial charge >= 0.3 is 0 Å². The lowest BCUT2D eigenvalue weighted by atomic mass is 9.49. The first-order valence-corrected chi connectivity index (χ1v) is 22.8. The van der Waals surface area contributed by atoms with Gasteiger partial charge in [0.2, 0.25) is 5.91 Å². The number of nitrogens with zero attached hydrogens (tertiary/aromatic N) is 3. The average Bonchev–Trinajstić information content (AvgIpc) is 3.84. The van der Waals surface area contributed by atoms with Crippen molar-refractivity contribution < 1.29 is 37.5 Å². The molecule has 2 bridgehead atoms. The summed E-state index contributed by atoms with van der Waals surface area (Å²) < 4.78 is 36.4. The molecule has 52 heavy (non-hydrogen) atoms. The zero-order chi connectivity index (χ0) is 38.4. The SMILES string of the molecule is CC(=O)NCCCS(=O)(=O)O.CCN(CC)C(=S)SSC(=S)N(CC)CC.O=C1CC[C@@]2(O)[C@H]3Cc4ccc(O)c5c4[C@@]2(CCN3CC2CC2)[C@H]1O5. The van der Waals surface area contributed by atoms with Crippen LogP contribution in [0.2, 0.25) is 0 Å². The Morgan fingerprint density at radius 3 is 2.17 bits per heavy atom. The number of hydrogen-bond acceptors (Lipinski definition) is 12. The van der Waals surface area contributed by atoms with Crippen LogP contribution in [-0.4, -0.2) is 128 Å². The molecule has 1 spiro atoms. The summed E-state index contributed by atoms with van der Waals surface area (Å²) in [6.45, 7) is 15.9. The standard InChI is InChI=1S/C20H23NO4.C10H20N2S4.C5H11NO4S/c22-13-4-3-12-9-15-20(24)6-5-14(23)18-19(20,16(12)17(13)25-18)7-8-21(15)10-11-1-2-11;1-5-11(6-2)9(13)15-16-10(14)12(7-3)8-4;1-5(7)6-3-2-4-11(8,9)10/h3-4,11,15,18,22,24H,1-2,5-10H2;5-8H2,1-4H3;2-4H2,1H3,(H,6,7)(H,8,9,10)/t15-,18+,19+,20-;;/m1../s1. The van der Waals surface area contributed by atoms with Crippen LogP contribution in [0.25, 0.3) is 0 Å². The van der Waals surface area contributed by atoms with E-state index in [1.807, 2.05) is 6.07 Å². The Balaban J connectivity index is 0.000000195. The van der Waals surface area contributed by atoms with E-state index >= 15 is 0 Å². The molecule has 4 N–H and O–H groups in total. The molecule has 2 aliphatic heterocycles. The van der Waals surface area contributed by atoms with Gasteiger partial charge in [-0.1, -0.05) is 30.5 Å². The summed E-state index contributed by atoms with van der Waals surface area (Å²) in [4.78, 5) is 29.8. The van der Waals surface area contributed by atoms with Crippen molar-refractivity contribution >= 4 is 76.5 Å². The van der Waals surface area contributed by atoms with Gasteiger partial charge in [-0.25, -0.2) is 0 Å². The highest BCUT2D eigenvalue weighted by atomic mass is 33.1. The van der Waals surface area contributed by atoms with E-state index in [1.54, 1.807) is 27.7 Å². The van der Waals surface area contributed by atoms with Crippen LogP contribution >= 0.6 is 46.0 Å². The smallest absolute Gasteiger partial charge is 0.264 e. The maximum atomic E-state index is 12.7. The first kappa shape index (κ1) is 43.0. The van der Waals surface area contributed by atoms with Crippen molar-refractivity contribution in [2.24, 2.45) is 5.92 Å². The molecule has 1 saturated heterocycles. The van der Waals surface area contributed by atoms with Crippen molar-refractivity contribution in [3.8, 4) is 11.5 Å². The fourth-order valence-corrected chi connectivity index (χ4v) is 11.5. The number of aliphatic hydroxyl groups is 1. The minimum atomic E-state index is -3.87. The van der Waals surface area contributed by atoms with Crippen LogP contribution in [0, 0.1) is 5.92 Å². The number of likely N-dealkylation sites (tertiary alicyclic amines) is 1. The highest BCUT2D eigenvalue weighted by Crippen LogP contribution is 2.64. The van der Waals surface area contributed by atoms with E-state index < -0.39 is 27.2 Å². The van der Waals surface area contributed by atoms with Gasteiger partial charge in [0.1, 0.15) is 8.64 Å². The number of nitrogens with one attached hydrogen (secondary N) is 1. The predicted octanol–water partition coefficient (Wildman–Crippen LogP) is 4.55. The van der Waals surface area contributed by atoms with Gasteiger partial charge in [-0.2, -0.15) is 8.42 Å². The van der Waals surface area contributed by atoms with Gasteiger partial charge in [0.15, 0.2) is 23.4 Å². The first-order chi connectivity index (χ1) is 24.6. The number of phenols is 1. The molecular weight excluding hydrogens is 765 g/mol. The van der Waals surface area contributed by atoms with Crippen molar-refractivity contribution in [3.05, 3.63) is 23.3 Å². The van der Waals surface area contributed by atoms with Crippen LogP contribution < -0.4 is 10.1 Å². The molecule has 2 saturated carbocycles. The molecule has 12 nitrogen and oxygen atoms in total. The number of benzene rings is 1. The zero-order valence-electron chi connectivity index (χ0n) is 30.8. The number of carbonyl (C=O) groups excluding carboxylic acids is 2. The van der Waals surface area contributed by atoms with Crippen molar-refractivity contribution in [1.29, 1.82) is 0 Å². The number of ketones is 1. The fourth-order valence-electron chi connectivity index (χ4n) is 7.92. The van der Waals surface area contributed by atoms with E-state index in [-0.39, 0.29) is 42.2 Å². The lowest BCUT2D eigenvalue weighted by Crippen LogP contribution is -2.76. The second-order valence-electron chi connectivity index (χ2n) is 13.9. The Kier molecular flexibility index (Phi) is 15.1. The average molecular weight is 819 g/mol. The minimum absolute atomic E-state index is 0.0454. The maximum Gasteiger partial charge on any atom is 0.264 e. The number of rotatable bonds is 10. The molecule has 0 aromatic heterocycles. The van der Waals surface area contributed by atoms with Gasteiger partial charge in [0, 0.05) is 64.2 Å². The van der Waals surface area contributed by atoms with E-state index in [4.69, 9.17) is 33.7 Å². The summed E-state index contributed by atoms with van der Waals surface area (Å²) in [7, 11) is -0.689. The van der Waals surface area contributed by atoms with Crippen molar-refractivity contribution in [2.45, 2.75) is 103 Å². The summed E-state index contributed by atoms with van der Waals surface area (Å²) in [6, 6.07) is 3.69. The van der Waals surface area contributed by atoms with Gasteiger partial charge in [0.25, 0.3) is 10.1 Å². The van der Waals surface area contributed by atoms with Crippen LogP contribution in [0.3, 0.4) is 0 Å². The Labute approximate surface area is 327 Å². The summed E-state index contributed by atoms with van der Waals surface area (Å²) in [5, 5.41) is 24.7. The summed E-state index contributed by atoms with van der Waals surface area (Å²) in [5.41, 5.74) is 0.454. The van der Waals surface area contributed by atoms with Gasteiger partial charge in [0.05, 0.1) is 16.8 Å². The number of carbonyl (C=O) groups is 2. The number of amides is 1. The maximum absolute atomic E-state index is 12.7. The largest absolute Gasteiger partial charge is 0.504 e. The van der Waals surface area contributed by atoms with Gasteiger partial charge in [-0.3, -0.25) is 19.0 Å². The number of piperidine rings is 1. The molecule has 292 valence electrons. The molecule has 1 aromatic carbocycles. The topological polar surface area (TPSA) is 160 Å². The minimum Gasteiger partial charge on any atom is -0.504 e. The van der Waals surface area contributed by atoms with Gasteiger partial charge < -0.3 is 30.1 Å². The number of Topliss-reactive ketones (excluding diaryl/α,β-unsaturated/α-hetero) is 1. The third-order valence-corrected chi connectivity index (χ3v) is 15.3. The molecule has 4 atom stereocenters. The number of phenolic OH excluding ortho intramolecular Hbond substituents is 1. The quantitative estimate of drug-likeness (QED) is 0.113. The third-order valence-electron chi connectivity index (χ3n) is 10.7. The van der Waals surface area contributed by atoms with Crippen molar-refractivity contribution in [1.82, 2.24) is 20.0 Å². The van der Waals surface area contributed by atoms with E-state index in [2.05, 4.69) is 47.7 Å². The molecule has 2 heterocycles. The second-order valence-corrected chi connectivity index (χ2v) is 18.9. The zero-order valence-corrected chi connectivity index (χ0v) is 34.8. The van der Waals surface area contributed by atoms with Crippen LogP contribution in [0.5, 0.6) is 11.5 Å². The Morgan fingerprint density at radius 1 is 1.06 bits per heavy atom. The van der Waals surface area contributed by atoms with E-state index in [0.717, 1.165) is 77.8 Å². The molecule has 5 aliphatic rings. The lowest BCUT2D eigenvalue weighted by Gasteiger charge is -2.62. The monoisotopic (exact) mass is 818 g/mol. The molecule has 1 aromatic rings. The second kappa shape index (κ2) is 18.3. The van der Waals surface area contributed by atoms with E-state index in [0.29, 0.717) is 18.6 Å². The third kappa shape index (κ3) is 9.55.